The third kappa shape index (κ3) is 6.30. The van der Waals surface area contributed by atoms with Crippen molar-refractivity contribution in [1.82, 2.24) is 15.1 Å². The number of ether oxygens (including phenoxy) is 3. The maximum absolute atomic E-state index is 13.1. The summed E-state index contributed by atoms with van der Waals surface area (Å²) in [6.45, 7) is 8.89. The number of benzene rings is 1. The topological polar surface area (TPSA) is 83.6 Å². The smallest absolute Gasteiger partial charge is 0.236 e. The van der Waals surface area contributed by atoms with Crippen LogP contribution in [-0.2, 0) is 25.6 Å². The monoisotopic (exact) mass is 500 g/mol. The van der Waals surface area contributed by atoms with Crippen molar-refractivity contribution in [3.8, 4) is 5.75 Å². The molecule has 4 heterocycles. The molecular formula is C27H40N4O5. The Balaban J connectivity index is 1.24. The number of amides is 2. The van der Waals surface area contributed by atoms with Crippen LogP contribution in [0.25, 0.3) is 0 Å². The number of morpholine rings is 2. The molecule has 3 fully saturated rings. The van der Waals surface area contributed by atoms with Crippen molar-refractivity contribution in [3.63, 3.8) is 0 Å². The molecule has 0 aromatic heterocycles. The fourth-order valence-electron chi connectivity index (χ4n) is 5.88. The maximum atomic E-state index is 13.1. The number of nitrogens with zero attached hydrogens (tertiary/aromatic N) is 3. The number of piperidine rings is 1. The fraction of sp³-hybridized carbons (Fsp3) is 0.704. The van der Waals surface area contributed by atoms with E-state index in [1.165, 1.54) is 5.69 Å². The lowest BCUT2D eigenvalue weighted by Crippen LogP contribution is -2.48. The molecule has 4 aliphatic rings. The molecule has 1 aromatic rings. The Bertz CT molecular complexity index is 900. The van der Waals surface area contributed by atoms with Crippen LogP contribution in [-0.4, -0.2) is 100 Å². The first-order chi connectivity index (χ1) is 17.7. The SMILES string of the molecule is O=C(C[C@@H]1CCN2C[C@@H]1CCCOc1ccc(N3CCOCC3)cc1CNCC2=O)N1CCOCC1. The molecule has 198 valence electrons. The van der Waals surface area contributed by atoms with Crippen LogP contribution in [0, 0.1) is 11.8 Å². The minimum absolute atomic E-state index is 0.143. The summed E-state index contributed by atoms with van der Waals surface area (Å²) in [6.07, 6.45) is 3.32. The highest BCUT2D eigenvalue weighted by Gasteiger charge is 2.33. The van der Waals surface area contributed by atoms with Gasteiger partial charge in [0.1, 0.15) is 5.75 Å². The van der Waals surface area contributed by atoms with Crippen molar-refractivity contribution in [3.05, 3.63) is 23.8 Å². The van der Waals surface area contributed by atoms with Gasteiger partial charge in [-0.2, -0.15) is 0 Å². The zero-order chi connectivity index (χ0) is 24.7. The quantitative estimate of drug-likeness (QED) is 0.674. The second-order valence-corrected chi connectivity index (χ2v) is 10.3. The fourth-order valence-corrected chi connectivity index (χ4v) is 5.88. The van der Waals surface area contributed by atoms with Crippen LogP contribution in [0.1, 0.15) is 31.2 Å². The van der Waals surface area contributed by atoms with Crippen molar-refractivity contribution in [2.75, 3.05) is 83.7 Å². The van der Waals surface area contributed by atoms with Crippen LogP contribution in [0.2, 0.25) is 0 Å². The Morgan fingerprint density at radius 2 is 1.69 bits per heavy atom. The molecule has 2 amide bonds. The van der Waals surface area contributed by atoms with E-state index in [0.29, 0.717) is 64.3 Å². The average molecular weight is 501 g/mol. The maximum Gasteiger partial charge on any atom is 0.236 e. The second kappa shape index (κ2) is 12.3. The first kappa shape index (κ1) is 25.3. The molecule has 9 heteroatoms. The van der Waals surface area contributed by atoms with Gasteiger partial charge in [0.2, 0.25) is 11.8 Å². The summed E-state index contributed by atoms with van der Waals surface area (Å²) in [5.74, 6) is 1.89. The number of rotatable bonds is 3. The van der Waals surface area contributed by atoms with Gasteiger partial charge in [0.15, 0.2) is 0 Å². The van der Waals surface area contributed by atoms with E-state index in [2.05, 4.69) is 28.4 Å². The summed E-state index contributed by atoms with van der Waals surface area (Å²) >= 11 is 0. The summed E-state index contributed by atoms with van der Waals surface area (Å²) in [6, 6.07) is 6.37. The number of carbonyl (C=O) groups excluding carboxylic acids is 2. The molecule has 0 radical (unpaired) electrons. The lowest BCUT2D eigenvalue weighted by Gasteiger charge is -2.39. The van der Waals surface area contributed by atoms with E-state index in [0.717, 1.165) is 70.0 Å². The van der Waals surface area contributed by atoms with Gasteiger partial charge in [-0.05, 0) is 49.3 Å². The van der Waals surface area contributed by atoms with Gasteiger partial charge in [-0.25, -0.2) is 0 Å². The zero-order valence-electron chi connectivity index (χ0n) is 21.3. The highest BCUT2D eigenvalue weighted by molar-refractivity contribution is 5.79. The minimum Gasteiger partial charge on any atom is -0.493 e. The first-order valence-electron chi connectivity index (χ1n) is 13.6. The van der Waals surface area contributed by atoms with Crippen LogP contribution < -0.4 is 15.0 Å². The highest BCUT2D eigenvalue weighted by atomic mass is 16.5. The predicted molar refractivity (Wildman–Crippen MR) is 136 cm³/mol. The van der Waals surface area contributed by atoms with E-state index in [9.17, 15) is 9.59 Å². The van der Waals surface area contributed by atoms with Gasteiger partial charge in [0.25, 0.3) is 0 Å². The van der Waals surface area contributed by atoms with Gasteiger partial charge < -0.3 is 34.2 Å². The molecule has 2 atom stereocenters. The Morgan fingerprint density at radius 1 is 0.917 bits per heavy atom. The van der Waals surface area contributed by atoms with E-state index in [4.69, 9.17) is 14.2 Å². The van der Waals surface area contributed by atoms with Gasteiger partial charge in [0, 0.05) is 63.5 Å². The lowest BCUT2D eigenvalue weighted by atomic mass is 9.80. The van der Waals surface area contributed by atoms with Gasteiger partial charge in [-0.15, -0.1) is 0 Å². The molecule has 0 saturated carbocycles. The molecule has 0 aliphatic carbocycles. The number of carbonyl (C=O) groups is 2. The molecular weight excluding hydrogens is 460 g/mol. The molecule has 3 saturated heterocycles. The summed E-state index contributed by atoms with van der Waals surface area (Å²) in [5.41, 5.74) is 2.25. The number of anilines is 1. The normalized spacial score (nSPS) is 26.2. The summed E-state index contributed by atoms with van der Waals surface area (Å²) < 4.78 is 17.1. The molecule has 1 N–H and O–H groups in total. The van der Waals surface area contributed by atoms with Crippen LogP contribution in [0.3, 0.4) is 0 Å². The molecule has 1 aromatic carbocycles. The second-order valence-electron chi connectivity index (χ2n) is 10.3. The highest BCUT2D eigenvalue weighted by Crippen LogP contribution is 2.32. The molecule has 0 unspecified atom stereocenters. The van der Waals surface area contributed by atoms with Crippen LogP contribution in [0.4, 0.5) is 5.69 Å². The molecule has 5 rings (SSSR count). The minimum atomic E-state index is 0.143. The standard InChI is InChI=1S/C27H40N4O5/c32-26(30-9-14-35-15-10-30)17-21-5-6-31-20-22(21)2-1-11-36-25-4-3-24(29-7-12-34-13-8-29)16-23(25)18-28-19-27(31)33/h3-4,16,21-22,28H,1-2,5-15,17-20H2/t21-,22-/m0/s1. The Hall–Kier alpha value is -2.36. The van der Waals surface area contributed by atoms with Crippen LogP contribution >= 0.6 is 0 Å². The van der Waals surface area contributed by atoms with Crippen LogP contribution in [0.15, 0.2) is 18.2 Å². The van der Waals surface area contributed by atoms with E-state index in [1.54, 1.807) is 0 Å². The molecule has 4 aliphatic heterocycles. The lowest BCUT2D eigenvalue weighted by molar-refractivity contribution is -0.138. The number of hydrogen-bond acceptors (Lipinski definition) is 7. The van der Waals surface area contributed by atoms with Gasteiger partial charge in [-0.3, -0.25) is 9.59 Å². The van der Waals surface area contributed by atoms with E-state index >= 15 is 0 Å². The Morgan fingerprint density at radius 3 is 2.50 bits per heavy atom. The zero-order valence-corrected chi connectivity index (χ0v) is 21.3. The summed E-state index contributed by atoms with van der Waals surface area (Å²) in [5, 5.41) is 3.36. The molecule has 2 bridgehead atoms. The Labute approximate surface area is 214 Å². The van der Waals surface area contributed by atoms with Crippen molar-refractivity contribution in [2.45, 2.75) is 32.2 Å². The Kier molecular flexibility index (Phi) is 8.61. The van der Waals surface area contributed by atoms with Crippen molar-refractivity contribution in [2.24, 2.45) is 11.8 Å². The predicted octanol–water partition coefficient (Wildman–Crippen LogP) is 1.50. The number of fused-ring (bicyclic) bond motifs is 3. The molecule has 36 heavy (non-hydrogen) atoms. The number of hydrogen-bond donors (Lipinski definition) is 1. The summed E-state index contributed by atoms with van der Waals surface area (Å²) in [7, 11) is 0. The van der Waals surface area contributed by atoms with Gasteiger partial charge in [-0.1, -0.05) is 0 Å². The molecule has 0 spiro atoms. The van der Waals surface area contributed by atoms with Gasteiger partial charge >= 0.3 is 0 Å². The van der Waals surface area contributed by atoms with E-state index < -0.39 is 0 Å². The first-order valence-corrected chi connectivity index (χ1v) is 13.6. The van der Waals surface area contributed by atoms with Crippen molar-refractivity contribution in [1.29, 1.82) is 0 Å². The summed E-state index contributed by atoms with van der Waals surface area (Å²) in [4.78, 5) is 32.3. The van der Waals surface area contributed by atoms with E-state index in [-0.39, 0.29) is 11.8 Å². The third-order valence-corrected chi connectivity index (χ3v) is 8.03. The van der Waals surface area contributed by atoms with Crippen molar-refractivity contribution < 1.29 is 23.8 Å². The van der Waals surface area contributed by atoms with Crippen LogP contribution in [0.5, 0.6) is 5.75 Å². The molecule has 9 nitrogen and oxygen atoms in total. The average Bonchev–Trinajstić information content (AvgIpc) is 2.93. The number of nitrogens with one attached hydrogen (secondary N) is 1. The van der Waals surface area contributed by atoms with Crippen molar-refractivity contribution >= 4 is 17.5 Å². The third-order valence-electron chi connectivity index (χ3n) is 8.03. The van der Waals surface area contributed by atoms with Gasteiger partial charge in [0.05, 0.1) is 39.6 Å². The van der Waals surface area contributed by atoms with E-state index in [1.807, 2.05) is 9.80 Å². The largest absolute Gasteiger partial charge is 0.493 e.